The van der Waals surface area contributed by atoms with Gasteiger partial charge in [0.25, 0.3) is 0 Å². The SMILES string of the molecule is COC(=O)Nc1ccc(C(O)(C[C@H](C)N(Cc2ccccc2)C[C@H](O)COc2ccccc2)c2ccc(NC(=O)OC)cc2)cc1. The number of aliphatic hydroxyl groups is 2. The first kappa shape index (κ1) is 34.0. The van der Waals surface area contributed by atoms with Crippen molar-refractivity contribution in [2.45, 2.75) is 37.6 Å². The number of hydrogen-bond donors (Lipinski definition) is 4. The lowest BCUT2D eigenvalue weighted by Crippen LogP contribution is -2.44. The monoisotopic (exact) mass is 627 g/mol. The summed E-state index contributed by atoms with van der Waals surface area (Å²) in [6, 6.07) is 32.8. The number of nitrogens with one attached hydrogen (secondary N) is 2. The van der Waals surface area contributed by atoms with Crippen LogP contribution in [0.3, 0.4) is 0 Å². The Labute approximate surface area is 269 Å². The van der Waals surface area contributed by atoms with Crippen molar-refractivity contribution in [1.82, 2.24) is 4.90 Å². The van der Waals surface area contributed by atoms with Crippen molar-refractivity contribution in [2.24, 2.45) is 0 Å². The number of benzene rings is 4. The van der Waals surface area contributed by atoms with Crippen LogP contribution < -0.4 is 15.4 Å². The molecule has 4 aromatic rings. The summed E-state index contributed by atoms with van der Waals surface area (Å²) in [6.45, 7) is 2.95. The molecular formula is C36H41N3O7. The van der Waals surface area contributed by atoms with Gasteiger partial charge in [0.1, 0.15) is 24.1 Å². The molecule has 0 aliphatic carbocycles. The lowest BCUT2D eigenvalue weighted by molar-refractivity contribution is 0.0107. The second-order valence-electron chi connectivity index (χ2n) is 11.0. The van der Waals surface area contributed by atoms with E-state index in [1.807, 2.05) is 67.6 Å². The summed E-state index contributed by atoms with van der Waals surface area (Å²) in [6.07, 6.45) is -1.75. The van der Waals surface area contributed by atoms with Crippen LogP contribution in [0.2, 0.25) is 0 Å². The van der Waals surface area contributed by atoms with Gasteiger partial charge in [-0.1, -0.05) is 72.8 Å². The van der Waals surface area contributed by atoms with Crippen molar-refractivity contribution in [3.8, 4) is 5.75 Å². The topological polar surface area (TPSA) is 130 Å². The van der Waals surface area contributed by atoms with Crippen LogP contribution in [0.25, 0.3) is 0 Å². The lowest BCUT2D eigenvalue weighted by atomic mass is 9.81. The van der Waals surface area contributed by atoms with Gasteiger partial charge in [0.2, 0.25) is 0 Å². The standard InChI is InChI=1S/C36H41N3O7/c1-26(39(23-27-10-6-4-7-11-27)24-32(40)25-46-33-12-8-5-9-13-33)22-36(43,28-14-18-30(19-15-28)37-34(41)44-2)29-16-20-31(21-17-29)38-35(42)45-3/h4-21,26,32,40,43H,22-25H2,1-3H3,(H,37,41)(H,38,42)/t26-,32-/m0/s1. The number of methoxy groups -OCH3 is 2. The summed E-state index contributed by atoms with van der Waals surface area (Å²) < 4.78 is 15.2. The quantitative estimate of drug-likeness (QED) is 0.134. The fraction of sp³-hybridized carbons (Fsp3) is 0.278. The Morgan fingerprint density at radius 1 is 0.761 bits per heavy atom. The van der Waals surface area contributed by atoms with E-state index in [0.717, 1.165) is 5.56 Å². The van der Waals surface area contributed by atoms with Crippen LogP contribution in [0, 0.1) is 0 Å². The van der Waals surface area contributed by atoms with E-state index < -0.39 is 23.9 Å². The number of carbonyl (C=O) groups is 2. The number of aliphatic hydroxyl groups excluding tert-OH is 1. The molecule has 4 N–H and O–H groups in total. The molecule has 2 amide bonds. The fourth-order valence-electron chi connectivity index (χ4n) is 5.21. The lowest BCUT2D eigenvalue weighted by Gasteiger charge is -2.38. The highest BCUT2D eigenvalue weighted by atomic mass is 16.5. The molecule has 10 nitrogen and oxygen atoms in total. The van der Waals surface area contributed by atoms with Crippen molar-refractivity contribution in [2.75, 3.05) is 38.0 Å². The van der Waals surface area contributed by atoms with E-state index in [2.05, 4.69) is 15.5 Å². The molecule has 242 valence electrons. The predicted octanol–water partition coefficient (Wildman–Crippen LogP) is 6.00. The Balaban J connectivity index is 1.62. The highest BCUT2D eigenvalue weighted by Gasteiger charge is 2.35. The average molecular weight is 628 g/mol. The first-order chi connectivity index (χ1) is 22.2. The Bertz CT molecular complexity index is 1460. The molecule has 10 heteroatoms. The van der Waals surface area contributed by atoms with Crippen LogP contribution in [0.5, 0.6) is 5.75 Å². The molecule has 46 heavy (non-hydrogen) atoms. The zero-order valence-electron chi connectivity index (χ0n) is 26.3. The number of rotatable bonds is 14. The largest absolute Gasteiger partial charge is 0.491 e. The Morgan fingerprint density at radius 3 is 1.72 bits per heavy atom. The molecule has 0 aromatic heterocycles. The first-order valence-electron chi connectivity index (χ1n) is 15.0. The molecule has 0 bridgehead atoms. The van der Waals surface area contributed by atoms with Crippen LogP contribution in [0.15, 0.2) is 109 Å². The third kappa shape index (κ3) is 9.55. The number of carbonyl (C=O) groups excluding carboxylic acids is 2. The van der Waals surface area contributed by atoms with Gasteiger partial charge in [0.15, 0.2) is 0 Å². The minimum absolute atomic E-state index is 0.107. The first-order valence-corrected chi connectivity index (χ1v) is 15.0. The maximum atomic E-state index is 12.5. The molecular weight excluding hydrogens is 586 g/mol. The van der Waals surface area contributed by atoms with E-state index in [9.17, 15) is 19.8 Å². The molecule has 0 unspecified atom stereocenters. The molecule has 0 heterocycles. The zero-order valence-corrected chi connectivity index (χ0v) is 26.3. The van der Waals surface area contributed by atoms with Crippen LogP contribution in [0.1, 0.15) is 30.0 Å². The fourth-order valence-corrected chi connectivity index (χ4v) is 5.21. The number of hydrogen-bond acceptors (Lipinski definition) is 8. The van der Waals surface area contributed by atoms with Crippen molar-refractivity contribution in [1.29, 1.82) is 0 Å². The maximum Gasteiger partial charge on any atom is 0.411 e. The van der Waals surface area contributed by atoms with Gasteiger partial charge in [-0.15, -0.1) is 0 Å². The van der Waals surface area contributed by atoms with Gasteiger partial charge in [0.05, 0.1) is 14.2 Å². The molecule has 0 saturated carbocycles. The third-order valence-electron chi connectivity index (χ3n) is 7.66. The highest BCUT2D eigenvalue weighted by Crippen LogP contribution is 2.37. The van der Waals surface area contributed by atoms with Crippen LogP contribution in [0.4, 0.5) is 21.0 Å². The molecule has 4 rings (SSSR count). The molecule has 0 aliphatic rings. The van der Waals surface area contributed by atoms with E-state index in [-0.39, 0.29) is 19.1 Å². The minimum Gasteiger partial charge on any atom is -0.491 e. The number of para-hydroxylation sites is 1. The predicted molar refractivity (Wildman–Crippen MR) is 177 cm³/mol. The number of nitrogens with zero attached hydrogens (tertiary/aromatic N) is 1. The Kier molecular flexibility index (Phi) is 12.1. The second-order valence-corrected chi connectivity index (χ2v) is 11.0. The van der Waals surface area contributed by atoms with Gasteiger partial charge in [-0.05, 0) is 66.4 Å². The highest BCUT2D eigenvalue weighted by molar-refractivity contribution is 5.85. The number of ether oxygens (including phenoxy) is 3. The van der Waals surface area contributed by atoms with Crippen LogP contribution in [-0.2, 0) is 21.6 Å². The summed E-state index contributed by atoms with van der Waals surface area (Å²) in [4.78, 5) is 25.6. The van der Waals surface area contributed by atoms with Gasteiger partial charge in [-0.25, -0.2) is 9.59 Å². The van der Waals surface area contributed by atoms with Crippen molar-refractivity contribution in [3.63, 3.8) is 0 Å². The van der Waals surface area contributed by atoms with Gasteiger partial charge >= 0.3 is 12.2 Å². The van der Waals surface area contributed by atoms with Gasteiger partial charge < -0.3 is 24.4 Å². The van der Waals surface area contributed by atoms with Gasteiger partial charge in [-0.3, -0.25) is 15.5 Å². The van der Waals surface area contributed by atoms with Crippen molar-refractivity contribution < 1.29 is 34.0 Å². The van der Waals surface area contributed by atoms with Crippen LogP contribution >= 0.6 is 0 Å². The molecule has 2 atom stereocenters. The molecule has 0 spiro atoms. The van der Waals surface area contributed by atoms with Crippen molar-refractivity contribution >= 4 is 23.6 Å². The summed E-state index contributed by atoms with van der Waals surface area (Å²) in [5.41, 5.74) is 1.78. The van der Waals surface area contributed by atoms with E-state index in [1.54, 1.807) is 48.5 Å². The average Bonchev–Trinajstić information content (AvgIpc) is 3.08. The summed E-state index contributed by atoms with van der Waals surface area (Å²) in [5.74, 6) is 0.675. The summed E-state index contributed by atoms with van der Waals surface area (Å²) >= 11 is 0. The minimum atomic E-state index is -1.49. The molecule has 0 aliphatic heterocycles. The number of amides is 2. The normalized spacial score (nSPS) is 12.6. The molecule has 4 aromatic carbocycles. The van der Waals surface area contributed by atoms with Gasteiger partial charge in [-0.2, -0.15) is 0 Å². The zero-order chi connectivity index (χ0) is 32.9. The maximum absolute atomic E-state index is 12.5. The number of anilines is 2. The Hall–Kier alpha value is -4.90. The van der Waals surface area contributed by atoms with Crippen molar-refractivity contribution in [3.05, 3.63) is 126 Å². The van der Waals surface area contributed by atoms with E-state index in [1.165, 1.54) is 14.2 Å². The smallest absolute Gasteiger partial charge is 0.411 e. The molecule has 0 fully saturated rings. The molecule has 0 saturated heterocycles. The van der Waals surface area contributed by atoms with E-state index in [4.69, 9.17) is 14.2 Å². The molecule has 0 radical (unpaired) electrons. The van der Waals surface area contributed by atoms with Gasteiger partial charge in [0, 0.05) is 30.5 Å². The second kappa shape index (κ2) is 16.4. The van der Waals surface area contributed by atoms with Crippen LogP contribution in [-0.4, -0.2) is 66.8 Å². The summed E-state index contributed by atoms with van der Waals surface area (Å²) in [7, 11) is 2.57. The third-order valence-corrected chi connectivity index (χ3v) is 7.66. The Morgan fingerprint density at radius 2 is 1.24 bits per heavy atom. The van der Waals surface area contributed by atoms with E-state index >= 15 is 0 Å². The van der Waals surface area contributed by atoms with E-state index in [0.29, 0.717) is 41.3 Å². The summed E-state index contributed by atoms with van der Waals surface area (Å²) in [5, 5.41) is 28.9.